The number of ether oxygens (including phenoxy) is 1. The number of carbonyl (C=O) groups excluding carboxylic acids is 1. The average molecular weight is 458 g/mol. The number of aryl methyl sites for hydroxylation is 1. The Kier molecular flexibility index (Phi) is 10.7. The molecule has 1 aromatic carbocycles. The van der Waals surface area contributed by atoms with Crippen molar-refractivity contribution in [2.45, 2.75) is 51.6 Å². The van der Waals surface area contributed by atoms with Gasteiger partial charge in [0.2, 0.25) is 0 Å². The minimum Gasteiger partial charge on any atom is -0.550 e. The van der Waals surface area contributed by atoms with Crippen LogP contribution in [-0.4, -0.2) is 41.7 Å². The fourth-order valence-electron chi connectivity index (χ4n) is 3.49. The van der Waals surface area contributed by atoms with Gasteiger partial charge in [0, 0.05) is 43.0 Å². The molecule has 0 unspecified atom stereocenters. The number of anilines is 1. The van der Waals surface area contributed by atoms with Gasteiger partial charge in [0.05, 0.1) is 11.1 Å². The molecule has 3 rings (SSSR count). The third kappa shape index (κ3) is 7.68. The van der Waals surface area contributed by atoms with Crippen molar-refractivity contribution in [1.82, 2.24) is 9.97 Å². The van der Waals surface area contributed by atoms with Crippen LogP contribution in [-0.2, 0) is 16.0 Å². The Morgan fingerprint density at radius 1 is 1.29 bits per heavy atom. The number of aliphatic carboxylic acids is 1. The van der Waals surface area contributed by atoms with E-state index in [4.69, 9.17) is 16.3 Å². The molecule has 2 aromatic rings. The van der Waals surface area contributed by atoms with E-state index in [0.29, 0.717) is 24.2 Å². The molecule has 31 heavy (non-hydrogen) atoms. The molecule has 1 fully saturated rings. The molecule has 1 aliphatic rings. The maximum atomic E-state index is 14.0. The molecule has 0 bridgehead atoms. The topological polar surface area (TPSA) is 78.4 Å². The van der Waals surface area contributed by atoms with Gasteiger partial charge in [0.1, 0.15) is 11.6 Å². The van der Waals surface area contributed by atoms with Crippen LogP contribution in [0.25, 0.3) is 11.4 Å². The van der Waals surface area contributed by atoms with Gasteiger partial charge < -0.3 is 19.5 Å². The first kappa shape index (κ1) is 26.0. The van der Waals surface area contributed by atoms with Crippen LogP contribution in [0.4, 0.5) is 10.2 Å². The minimum atomic E-state index is -1.08. The molecular formula is C22H26ClFN3NaO3. The zero-order chi connectivity index (χ0) is 21.5. The van der Waals surface area contributed by atoms with Crippen molar-refractivity contribution < 1.29 is 48.6 Å². The number of hydrogen-bond acceptors (Lipinski definition) is 6. The number of piperidine rings is 1. The molecule has 1 saturated heterocycles. The van der Waals surface area contributed by atoms with E-state index in [2.05, 4.69) is 21.8 Å². The summed E-state index contributed by atoms with van der Waals surface area (Å²) in [5.74, 6) is -0.461. The molecule has 0 saturated carbocycles. The zero-order valence-corrected chi connectivity index (χ0v) is 20.8. The zero-order valence-electron chi connectivity index (χ0n) is 18.1. The predicted molar refractivity (Wildman–Crippen MR) is 112 cm³/mol. The molecule has 1 aromatic heterocycles. The Hall–Kier alpha value is -1.25. The van der Waals surface area contributed by atoms with Crippen molar-refractivity contribution in [3.05, 3.63) is 40.8 Å². The van der Waals surface area contributed by atoms with E-state index in [1.807, 2.05) is 6.07 Å². The number of carboxylic acids is 1. The summed E-state index contributed by atoms with van der Waals surface area (Å²) in [6, 6.07) is 6.37. The molecule has 162 valence electrons. The molecule has 6 nitrogen and oxygen atoms in total. The van der Waals surface area contributed by atoms with Crippen molar-refractivity contribution in [2.24, 2.45) is 0 Å². The minimum absolute atomic E-state index is 0. The Morgan fingerprint density at radius 2 is 2.03 bits per heavy atom. The molecule has 0 aliphatic carbocycles. The van der Waals surface area contributed by atoms with Gasteiger partial charge in [-0.05, 0) is 56.7 Å². The van der Waals surface area contributed by atoms with E-state index < -0.39 is 11.8 Å². The van der Waals surface area contributed by atoms with Crippen LogP contribution in [0, 0.1) is 5.82 Å². The number of halogens is 2. The predicted octanol–water partition coefficient (Wildman–Crippen LogP) is 0.408. The number of aromatic nitrogens is 2. The second-order valence-electron chi connectivity index (χ2n) is 7.45. The van der Waals surface area contributed by atoms with Crippen LogP contribution >= 0.6 is 11.6 Å². The van der Waals surface area contributed by atoms with E-state index in [9.17, 15) is 14.3 Å². The van der Waals surface area contributed by atoms with Crippen LogP contribution in [0.2, 0.25) is 5.02 Å². The largest absolute Gasteiger partial charge is 1.00 e. The van der Waals surface area contributed by atoms with E-state index in [1.54, 1.807) is 6.07 Å². The molecule has 0 amide bonds. The molecule has 1 aliphatic heterocycles. The summed E-state index contributed by atoms with van der Waals surface area (Å²) in [5.41, 5.74) is 1.25. The quantitative estimate of drug-likeness (QED) is 0.507. The second kappa shape index (κ2) is 12.7. The SMILES string of the molecule is CCCOC1CCN(c2cc(CCCC(=O)[O-])nc(-c3ccc(Cl)c(F)c3)n2)CC1.[Na+]. The van der Waals surface area contributed by atoms with Gasteiger partial charge >= 0.3 is 29.6 Å². The van der Waals surface area contributed by atoms with Crippen LogP contribution in [0.1, 0.15) is 44.7 Å². The van der Waals surface area contributed by atoms with Gasteiger partial charge in [-0.3, -0.25) is 0 Å². The van der Waals surface area contributed by atoms with Crippen molar-refractivity contribution >= 4 is 23.4 Å². The van der Waals surface area contributed by atoms with Gasteiger partial charge in [0.25, 0.3) is 0 Å². The van der Waals surface area contributed by atoms with Crippen molar-refractivity contribution in [2.75, 3.05) is 24.6 Å². The van der Waals surface area contributed by atoms with Crippen LogP contribution < -0.4 is 39.6 Å². The maximum absolute atomic E-state index is 14.0. The Morgan fingerprint density at radius 3 is 2.68 bits per heavy atom. The van der Waals surface area contributed by atoms with Gasteiger partial charge in [-0.1, -0.05) is 18.5 Å². The van der Waals surface area contributed by atoms with Gasteiger partial charge in [-0.25, -0.2) is 14.4 Å². The third-order valence-electron chi connectivity index (χ3n) is 5.08. The summed E-state index contributed by atoms with van der Waals surface area (Å²) >= 11 is 5.80. The van der Waals surface area contributed by atoms with E-state index in [-0.39, 0.29) is 47.1 Å². The summed E-state index contributed by atoms with van der Waals surface area (Å²) in [5, 5.41) is 10.8. The number of benzene rings is 1. The first-order chi connectivity index (χ1) is 14.5. The van der Waals surface area contributed by atoms with Crippen molar-refractivity contribution in [3.8, 4) is 11.4 Å². The summed E-state index contributed by atoms with van der Waals surface area (Å²) in [7, 11) is 0. The number of nitrogens with zero attached hydrogens (tertiary/aromatic N) is 3. The molecule has 0 atom stereocenters. The van der Waals surface area contributed by atoms with Crippen molar-refractivity contribution in [1.29, 1.82) is 0 Å². The number of hydrogen-bond donors (Lipinski definition) is 0. The molecule has 9 heteroatoms. The molecule has 2 heterocycles. The Labute approximate surface area is 209 Å². The monoisotopic (exact) mass is 457 g/mol. The standard InChI is InChI=1S/C22H27ClFN3O3.Na/c1-2-12-30-17-8-10-27(11-9-17)20-14-16(4-3-5-21(28)29)25-22(26-20)15-6-7-18(23)19(24)13-15;/h6-7,13-14,17H,2-5,8-12H2,1H3,(H,28,29);/q;+1/p-1. The van der Waals surface area contributed by atoms with E-state index in [1.165, 1.54) is 12.1 Å². The third-order valence-corrected chi connectivity index (χ3v) is 5.39. The average Bonchev–Trinajstić information content (AvgIpc) is 2.74. The first-order valence-corrected chi connectivity index (χ1v) is 10.7. The molecule has 0 N–H and O–H groups in total. The maximum Gasteiger partial charge on any atom is 1.00 e. The van der Waals surface area contributed by atoms with Crippen LogP contribution in [0.15, 0.2) is 24.3 Å². The first-order valence-electron chi connectivity index (χ1n) is 10.4. The van der Waals surface area contributed by atoms with Crippen molar-refractivity contribution in [3.63, 3.8) is 0 Å². The second-order valence-corrected chi connectivity index (χ2v) is 7.86. The fourth-order valence-corrected chi connectivity index (χ4v) is 3.60. The smallest absolute Gasteiger partial charge is 0.550 e. The van der Waals surface area contributed by atoms with Gasteiger partial charge in [-0.15, -0.1) is 0 Å². The van der Waals surface area contributed by atoms with Gasteiger partial charge in [0.15, 0.2) is 5.82 Å². The van der Waals surface area contributed by atoms with Crippen LogP contribution in [0.5, 0.6) is 0 Å². The van der Waals surface area contributed by atoms with Gasteiger partial charge in [-0.2, -0.15) is 0 Å². The van der Waals surface area contributed by atoms with E-state index in [0.717, 1.165) is 50.5 Å². The summed E-state index contributed by atoms with van der Waals surface area (Å²) in [6.45, 7) is 4.47. The summed E-state index contributed by atoms with van der Waals surface area (Å²) in [4.78, 5) is 22.1. The normalized spacial score (nSPS) is 14.4. The Bertz CT molecular complexity index is 879. The number of carbonyl (C=O) groups is 1. The summed E-state index contributed by atoms with van der Waals surface area (Å²) < 4.78 is 19.8. The number of rotatable bonds is 9. The molecule has 0 spiro atoms. The Balaban J connectivity index is 0.00000341. The fraction of sp³-hybridized carbons (Fsp3) is 0.500. The molecule has 0 radical (unpaired) electrons. The summed E-state index contributed by atoms with van der Waals surface area (Å²) in [6.07, 6.45) is 3.94. The number of carboxylic acid groups (broad SMARTS) is 1. The van der Waals surface area contributed by atoms with E-state index >= 15 is 0 Å². The van der Waals surface area contributed by atoms with Crippen LogP contribution in [0.3, 0.4) is 0 Å². The molecular weight excluding hydrogens is 432 g/mol.